The zero-order chi connectivity index (χ0) is 18.3. The molecule has 0 aromatic carbocycles. The summed E-state index contributed by atoms with van der Waals surface area (Å²) >= 11 is 0. The molecule has 0 bridgehead atoms. The van der Waals surface area contributed by atoms with E-state index in [1.165, 1.54) is 4.68 Å². The number of ether oxygens (including phenoxy) is 1. The normalized spacial score (nSPS) is 15.6. The minimum atomic E-state index is -2.92. The summed E-state index contributed by atoms with van der Waals surface area (Å²) < 4.78 is 31.0. The second-order valence-corrected chi connectivity index (χ2v) is 6.25. The molecule has 1 N–H and O–H groups in total. The lowest BCUT2D eigenvalue weighted by Crippen LogP contribution is -2.29. The number of rotatable bonds is 4. The molecular formula is C14H22F2N4O4. The lowest BCUT2D eigenvalue weighted by Gasteiger charge is -2.22. The zero-order valence-corrected chi connectivity index (χ0v) is 13.9. The van der Waals surface area contributed by atoms with Gasteiger partial charge in [0, 0.05) is 0 Å². The van der Waals surface area contributed by atoms with Gasteiger partial charge in [-0.05, 0) is 46.7 Å². The van der Waals surface area contributed by atoms with Gasteiger partial charge in [-0.3, -0.25) is 19.6 Å². The summed E-state index contributed by atoms with van der Waals surface area (Å²) in [5.74, 6) is 0. The Morgan fingerprint density at radius 2 is 2.04 bits per heavy atom. The van der Waals surface area contributed by atoms with E-state index >= 15 is 0 Å². The third-order valence-electron chi connectivity index (χ3n) is 3.23. The Kier molecular flexibility index (Phi) is 7.20. The molecule has 0 radical (unpaired) electrons. The van der Waals surface area contributed by atoms with Crippen LogP contribution < -0.4 is 5.32 Å². The number of hydrogen-bond donors (Lipinski definition) is 1. The second kappa shape index (κ2) is 8.67. The van der Waals surface area contributed by atoms with Gasteiger partial charge in [-0.15, -0.1) is 0 Å². The van der Waals surface area contributed by atoms with Gasteiger partial charge in [0.25, 0.3) is 12.9 Å². The molecule has 1 aliphatic heterocycles. The van der Waals surface area contributed by atoms with Gasteiger partial charge in [-0.25, -0.2) is 8.78 Å². The molecule has 2 heterocycles. The van der Waals surface area contributed by atoms with E-state index in [1.807, 2.05) is 20.8 Å². The van der Waals surface area contributed by atoms with Gasteiger partial charge in [0.2, 0.25) is 5.69 Å². The number of nitro groups is 1. The molecule has 0 atom stereocenters. The highest BCUT2D eigenvalue weighted by Gasteiger charge is 2.29. The van der Waals surface area contributed by atoms with Crippen molar-refractivity contribution in [2.24, 2.45) is 0 Å². The van der Waals surface area contributed by atoms with Crippen LogP contribution >= 0.6 is 0 Å². The number of alkyl halides is 2. The number of nitrogens with zero attached hydrogens (tertiary/aromatic N) is 3. The quantitative estimate of drug-likeness (QED) is 0.510. The standard InChI is InChI=1S/C9H12F2N4O2.C5H10O2/c10-9(11)8-7(15(16)17)5-14(13-8)6-1-3-12-4-2-6;1-5(2,3)7-4-6/h5-6,9,12H,1-4H2;4H,1-3H3. The molecule has 10 heteroatoms. The average Bonchev–Trinajstić information content (AvgIpc) is 2.93. The Balaban J connectivity index is 0.000000351. The molecule has 0 spiro atoms. The maximum absolute atomic E-state index is 12.6. The number of carbonyl (C=O) groups is 1. The number of hydrogen-bond acceptors (Lipinski definition) is 6. The fourth-order valence-electron chi connectivity index (χ4n) is 2.09. The first-order valence-corrected chi connectivity index (χ1v) is 7.49. The summed E-state index contributed by atoms with van der Waals surface area (Å²) in [5, 5.41) is 17.4. The van der Waals surface area contributed by atoms with Crippen LogP contribution in [0, 0.1) is 10.1 Å². The average molecular weight is 348 g/mol. The largest absolute Gasteiger partial charge is 0.462 e. The summed E-state index contributed by atoms with van der Waals surface area (Å²) in [4.78, 5) is 19.4. The van der Waals surface area contributed by atoms with E-state index in [-0.39, 0.29) is 11.6 Å². The second-order valence-electron chi connectivity index (χ2n) is 6.25. The van der Waals surface area contributed by atoms with E-state index in [0.717, 1.165) is 32.1 Å². The first kappa shape index (κ1) is 19.9. The van der Waals surface area contributed by atoms with Crippen LogP contribution in [0.2, 0.25) is 0 Å². The third-order valence-corrected chi connectivity index (χ3v) is 3.23. The first-order valence-electron chi connectivity index (χ1n) is 7.49. The Bertz CT molecular complexity index is 551. The molecule has 0 saturated carbocycles. The summed E-state index contributed by atoms with van der Waals surface area (Å²) in [5.41, 5.74) is -1.66. The maximum Gasteiger partial charge on any atom is 0.316 e. The van der Waals surface area contributed by atoms with Gasteiger partial charge in [-0.2, -0.15) is 5.10 Å². The molecule has 24 heavy (non-hydrogen) atoms. The Labute approximate surface area is 138 Å². The third kappa shape index (κ3) is 6.19. The zero-order valence-electron chi connectivity index (χ0n) is 13.9. The van der Waals surface area contributed by atoms with E-state index in [2.05, 4.69) is 15.2 Å². The highest BCUT2D eigenvalue weighted by molar-refractivity contribution is 5.37. The van der Waals surface area contributed by atoms with Gasteiger partial charge in [0.1, 0.15) is 11.8 Å². The molecule has 1 saturated heterocycles. The van der Waals surface area contributed by atoms with Crippen LogP contribution in [0.1, 0.15) is 51.8 Å². The lowest BCUT2D eigenvalue weighted by molar-refractivity contribution is -0.386. The van der Waals surface area contributed by atoms with Crippen molar-refractivity contribution in [2.45, 2.75) is 51.7 Å². The van der Waals surface area contributed by atoms with Crippen LogP contribution in [0.4, 0.5) is 14.5 Å². The van der Waals surface area contributed by atoms with Gasteiger partial charge >= 0.3 is 5.69 Å². The van der Waals surface area contributed by atoms with Crippen LogP contribution in [-0.4, -0.2) is 39.9 Å². The highest BCUT2D eigenvalue weighted by atomic mass is 19.3. The van der Waals surface area contributed by atoms with Gasteiger partial charge in [0.15, 0.2) is 0 Å². The molecule has 0 aliphatic carbocycles. The topological polar surface area (TPSA) is 99.3 Å². The molecule has 0 amide bonds. The number of piperidine rings is 1. The van der Waals surface area contributed by atoms with Crippen LogP contribution in [0.3, 0.4) is 0 Å². The smallest absolute Gasteiger partial charge is 0.316 e. The fraction of sp³-hybridized carbons (Fsp3) is 0.714. The summed E-state index contributed by atoms with van der Waals surface area (Å²) in [7, 11) is 0. The van der Waals surface area contributed by atoms with Crippen molar-refractivity contribution in [3.63, 3.8) is 0 Å². The van der Waals surface area contributed by atoms with Gasteiger partial charge < -0.3 is 10.1 Å². The summed E-state index contributed by atoms with van der Waals surface area (Å²) in [6.07, 6.45) is -0.334. The number of carbonyl (C=O) groups excluding carboxylic acids is 1. The monoisotopic (exact) mass is 348 g/mol. The molecule has 136 valence electrons. The van der Waals surface area contributed by atoms with Gasteiger partial charge in [-0.1, -0.05) is 0 Å². The first-order chi connectivity index (χ1) is 11.2. The van der Waals surface area contributed by atoms with Crippen LogP contribution in [0.15, 0.2) is 6.20 Å². The minimum absolute atomic E-state index is 0.0394. The van der Waals surface area contributed by atoms with E-state index in [1.54, 1.807) is 0 Å². The molecule has 1 fully saturated rings. The van der Waals surface area contributed by atoms with Crippen LogP contribution in [0.25, 0.3) is 0 Å². The molecule has 0 unspecified atom stereocenters. The van der Waals surface area contributed by atoms with Crippen molar-refractivity contribution < 1.29 is 23.2 Å². The van der Waals surface area contributed by atoms with E-state index < -0.39 is 22.7 Å². The highest BCUT2D eigenvalue weighted by Crippen LogP contribution is 2.30. The van der Waals surface area contributed by atoms with Crippen molar-refractivity contribution in [2.75, 3.05) is 13.1 Å². The maximum atomic E-state index is 12.6. The minimum Gasteiger partial charge on any atom is -0.462 e. The van der Waals surface area contributed by atoms with Crippen molar-refractivity contribution >= 4 is 12.2 Å². The molecule has 2 rings (SSSR count). The van der Waals surface area contributed by atoms with Crippen molar-refractivity contribution in [1.29, 1.82) is 0 Å². The SMILES string of the molecule is CC(C)(C)OC=O.O=[N+]([O-])c1cn(C2CCNCC2)nc1C(F)F. The van der Waals surface area contributed by atoms with E-state index in [9.17, 15) is 23.7 Å². The Morgan fingerprint density at radius 3 is 2.38 bits per heavy atom. The lowest BCUT2D eigenvalue weighted by atomic mass is 10.1. The number of nitrogens with one attached hydrogen (secondary N) is 1. The predicted octanol–water partition coefficient (Wildman–Crippen LogP) is 2.61. The van der Waals surface area contributed by atoms with Crippen LogP contribution in [0.5, 0.6) is 0 Å². The van der Waals surface area contributed by atoms with Crippen LogP contribution in [-0.2, 0) is 9.53 Å². The number of halogens is 2. The van der Waals surface area contributed by atoms with Crippen molar-refractivity contribution in [3.8, 4) is 0 Å². The fourth-order valence-corrected chi connectivity index (χ4v) is 2.09. The summed E-state index contributed by atoms with van der Waals surface area (Å²) in [6.45, 7) is 7.45. The molecule has 1 aromatic heterocycles. The number of aromatic nitrogens is 2. The van der Waals surface area contributed by atoms with Crippen molar-refractivity contribution in [1.82, 2.24) is 15.1 Å². The Hall–Kier alpha value is -2.10. The van der Waals surface area contributed by atoms with E-state index in [0.29, 0.717) is 6.47 Å². The Morgan fingerprint density at radius 1 is 1.46 bits per heavy atom. The van der Waals surface area contributed by atoms with Crippen molar-refractivity contribution in [3.05, 3.63) is 22.0 Å². The predicted molar refractivity (Wildman–Crippen MR) is 81.9 cm³/mol. The summed E-state index contributed by atoms with van der Waals surface area (Å²) in [6, 6.07) is -0.0394. The molecule has 8 nitrogen and oxygen atoms in total. The molecule has 1 aromatic rings. The van der Waals surface area contributed by atoms with E-state index in [4.69, 9.17) is 0 Å². The van der Waals surface area contributed by atoms with Gasteiger partial charge in [0.05, 0.1) is 11.0 Å². The molecular weight excluding hydrogens is 326 g/mol. The molecule has 1 aliphatic rings.